The van der Waals surface area contributed by atoms with Crippen LogP contribution in [0, 0.1) is 0 Å². The summed E-state index contributed by atoms with van der Waals surface area (Å²) in [6.07, 6.45) is 0. The van der Waals surface area contributed by atoms with Crippen LogP contribution in [0.5, 0.6) is 0 Å². The molecule has 10 aromatic rings. The van der Waals surface area contributed by atoms with Crippen LogP contribution in [-0.4, -0.2) is 212 Å². The molecule has 0 aliphatic heterocycles. The van der Waals surface area contributed by atoms with Gasteiger partial charge in [0.25, 0.3) is 0 Å². The van der Waals surface area contributed by atoms with E-state index in [4.69, 9.17) is 4.42 Å². The molecule has 0 fully saturated rings. The van der Waals surface area contributed by atoms with Crippen molar-refractivity contribution in [1.82, 2.24) is 0 Å². The highest BCUT2D eigenvalue weighted by atomic mass is 16.3. The number of hydrogen-bond donors (Lipinski definition) is 0. The molecule has 10 rings (SSSR count). The zero-order valence-corrected chi connectivity index (χ0v) is 50.5. The molecule has 0 saturated heterocycles. The second kappa shape index (κ2) is 17.8. The van der Waals surface area contributed by atoms with E-state index in [0.717, 1.165) is 11.2 Å². The molecule has 1 heterocycles. The van der Waals surface area contributed by atoms with Crippen LogP contribution in [0.4, 0.5) is 0 Å². The van der Waals surface area contributed by atoms with E-state index >= 15 is 0 Å². The van der Waals surface area contributed by atoms with Gasteiger partial charge in [0, 0.05) is 10.8 Å². The molecule has 9 aromatic carbocycles. The van der Waals surface area contributed by atoms with Crippen molar-refractivity contribution in [1.29, 1.82) is 0 Å². The molecule has 0 N–H and O–H groups in total. The molecule has 0 aliphatic carbocycles. The van der Waals surface area contributed by atoms with Crippen LogP contribution in [0.25, 0.3) is 98.4 Å². The molecule has 1 aromatic heterocycles. The highest BCUT2D eigenvalue weighted by Gasteiger charge is 2.32. The van der Waals surface area contributed by atoms with Gasteiger partial charge in [-0.3, -0.25) is 0 Å². The van der Waals surface area contributed by atoms with Crippen molar-refractivity contribution in [2.45, 2.75) is 0 Å². The van der Waals surface area contributed by atoms with Crippen LogP contribution in [0.3, 0.4) is 0 Å². The fourth-order valence-corrected chi connectivity index (χ4v) is 14.9. The first-order valence-electron chi connectivity index (χ1n) is 27.5. The van der Waals surface area contributed by atoms with Gasteiger partial charge in [-0.05, 0) is 76.5 Å². The second-order valence-corrected chi connectivity index (χ2v) is 23.9. The van der Waals surface area contributed by atoms with E-state index in [-0.39, 0.29) is 0 Å². The monoisotopic (exact) mass is 921 g/mol. The number of hydrogen-bond acceptors (Lipinski definition) is 1. The fourth-order valence-electron chi connectivity index (χ4n) is 14.9. The van der Waals surface area contributed by atoms with Crippen molar-refractivity contribution in [3.8, 4) is 33.4 Å². The molecule has 326 valence electrons. The number of rotatable bonds is 3. The van der Waals surface area contributed by atoms with Crippen molar-refractivity contribution in [3.05, 3.63) is 6.07 Å². The Labute approximate surface area is 465 Å². The largest absolute Gasteiger partial charge is 0.457 e. The summed E-state index contributed by atoms with van der Waals surface area (Å²) in [6.45, 7) is 0. The quantitative estimate of drug-likeness (QED) is 0.0978. The molecule has 0 saturated carbocycles. The third-order valence-corrected chi connectivity index (χ3v) is 21.1. The van der Waals surface area contributed by atoms with E-state index in [1.165, 1.54) is 235 Å². The normalized spacial score (nSPS) is 11.9. The molecule has 74 heavy (non-hydrogen) atoms. The van der Waals surface area contributed by atoms with Crippen LogP contribution >= 0.6 is 0 Å². The Kier molecular flexibility index (Phi) is 12.8. The standard InChI is InChI=1S/C46H55B27O/c47-2-1-3(48)20(49)8-4(2)7(21(50)15-13(8)27(56)39(68)40(69)32(15)61)5-9-11(25(54)37(66)35(64)23(9)52)6(12-10(5)24(53)36(65)38(67)26(12)55)14-28(57)30(59)17(31(60)29(14)58)16-22(51)18-19-34(63)41(70)42(71)44(73)46(19)74-45(18)43(72)33(16)62/h1H,47-73H2. The number of fused-ring (bicyclic) bond motifs is 8. The van der Waals surface area contributed by atoms with Crippen LogP contribution in [-0.2, 0) is 0 Å². The average molecular weight is 916 g/mol. The second-order valence-electron chi connectivity index (χ2n) is 23.9. The van der Waals surface area contributed by atoms with E-state index in [9.17, 15) is 0 Å². The van der Waals surface area contributed by atoms with E-state index in [1.807, 2.05) is 0 Å². The zero-order chi connectivity index (χ0) is 54.4. The topological polar surface area (TPSA) is 13.1 Å². The van der Waals surface area contributed by atoms with Gasteiger partial charge in [0.05, 0.1) is 0 Å². The van der Waals surface area contributed by atoms with Gasteiger partial charge in [0.2, 0.25) is 0 Å². The lowest BCUT2D eigenvalue weighted by Crippen LogP contribution is -2.51. The molecule has 28 heteroatoms. The number of furan rings is 1. The molecule has 0 radical (unpaired) electrons. The third kappa shape index (κ3) is 6.69. The van der Waals surface area contributed by atoms with Gasteiger partial charge in [-0.15, -0.1) is 38.2 Å². The lowest BCUT2D eigenvalue weighted by atomic mass is 9.55. The summed E-state index contributed by atoms with van der Waals surface area (Å²) in [7, 11) is 64.0. The van der Waals surface area contributed by atoms with Crippen molar-refractivity contribution < 1.29 is 4.42 Å². The summed E-state index contributed by atoms with van der Waals surface area (Å²) in [4.78, 5) is 0. The van der Waals surface area contributed by atoms with Crippen LogP contribution in [0.15, 0.2) is 10.5 Å². The van der Waals surface area contributed by atoms with Gasteiger partial charge < -0.3 is 4.42 Å². The van der Waals surface area contributed by atoms with Crippen LogP contribution in [0.2, 0.25) is 0 Å². The maximum absolute atomic E-state index is 6.96. The zero-order valence-electron chi connectivity index (χ0n) is 50.5. The van der Waals surface area contributed by atoms with Gasteiger partial charge in [-0.1, -0.05) is 115 Å². The number of benzene rings is 9. The summed E-state index contributed by atoms with van der Waals surface area (Å²) in [5.41, 5.74) is 47.2. The molecule has 0 aliphatic rings. The molecular formula is C46H55B27O. The Balaban J connectivity index is 1.47. The van der Waals surface area contributed by atoms with E-state index < -0.39 is 0 Å². The van der Waals surface area contributed by atoms with Crippen molar-refractivity contribution in [2.24, 2.45) is 0 Å². The summed E-state index contributed by atoms with van der Waals surface area (Å²) in [6, 6.07) is 2.47. The maximum atomic E-state index is 6.96. The summed E-state index contributed by atoms with van der Waals surface area (Å²) >= 11 is 0. The first kappa shape index (κ1) is 53.0. The van der Waals surface area contributed by atoms with Crippen LogP contribution < -0.4 is 147 Å². The predicted octanol–water partition coefficient (Wildman–Crippen LogP) is -33.8. The molecule has 0 atom stereocenters. The minimum absolute atomic E-state index is 1.03. The fraction of sp³-hybridized carbons (Fsp3) is 0. The van der Waals surface area contributed by atoms with Crippen molar-refractivity contribution in [2.75, 3.05) is 0 Å². The first-order chi connectivity index (χ1) is 34.6. The molecule has 0 bridgehead atoms. The van der Waals surface area contributed by atoms with Crippen molar-refractivity contribution >= 4 is 424 Å². The molecule has 1 nitrogen and oxygen atoms in total. The molecule has 0 spiro atoms. The molecular weight excluding hydrogens is 860 g/mol. The van der Waals surface area contributed by atoms with Gasteiger partial charge >= 0.3 is 0 Å². The van der Waals surface area contributed by atoms with E-state index in [1.54, 1.807) is 0 Å². The van der Waals surface area contributed by atoms with E-state index in [2.05, 4.69) is 218 Å². The Morgan fingerprint density at radius 2 is 0.419 bits per heavy atom. The lowest BCUT2D eigenvalue weighted by Gasteiger charge is -2.33. The highest BCUT2D eigenvalue weighted by molar-refractivity contribution is 6.77. The van der Waals surface area contributed by atoms with Gasteiger partial charge in [-0.2, -0.15) is 0 Å². The smallest absolute Gasteiger partial charge is 0.143 e. The SMILES string of the molecule is Bc1cc(B)c2c(-c3c4c(B)c(B)c(B)c(B)c4c(-c4c(B)c(B)c(-c5c(B)c(B)c6oc7c(B)c(B)c(B)c(B)c7c6c5B)c(B)c4B)c4c(B)c(B)c(B)c(B)c34)c(B)c3c(B)c(B)c(B)c(B)c3c2c1B. The Morgan fingerprint density at radius 3 is 0.838 bits per heavy atom. The minimum Gasteiger partial charge on any atom is -0.457 e. The first-order valence-corrected chi connectivity index (χ1v) is 27.5. The Morgan fingerprint density at radius 1 is 0.162 bits per heavy atom. The predicted molar refractivity (Wildman–Crippen MR) is 421 cm³/mol. The van der Waals surface area contributed by atoms with Gasteiger partial charge in [0.1, 0.15) is 223 Å². The third-order valence-electron chi connectivity index (χ3n) is 21.1. The highest BCUT2D eigenvalue weighted by Crippen LogP contribution is 2.42. The minimum atomic E-state index is 1.03. The maximum Gasteiger partial charge on any atom is 0.143 e. The van der Waals surface area contributed by atoms with Crippen LogP contribution in [0.1, 0.15) is 0 Å². The van der Waals surface area contributed by atoms with Gasteiger partial charge in [-0.25, -0.2) is 0 Å². The van der Waals surface area contributed by atoms with Crippen molar-refractivity contribution in [3.63, 3.8) is 0 Å². The van der Waals surface area contributed by atoms with E-state index in [0.29, 0.717) is 0 Å². The Bertz CT molecular complexity index is 4280. The summed E-state index contributed by atoms with van der Waals surface area (Å²) < 4.78 is 6.96. The average Bonchev–Trinajstić information content (AvgIpc) is 3.78. The van der Waals surface area contributed by atoms with Gasteiger partial charge in [0.15, 0.2) is 0 Å². The summed E-state index contributed by atoms with van der Waals surface area (Å²) in [5.74, 6) is 0. The molecule has 0 unspecified atom stereocenters. The molecule has 0 amide bonds. The lowest BCUT2D eigenvalue weighted by molar-refractivity contribution is 0.675. The Hall–Kier alpha value is -4.43. The summed E-state index contributed by atoms with van der Waals surface area (Å²) in [5, 5.41) is 13.9.